The van der Waals surface area contributed by atoms with Gasteiger partial charge in [0.1, 0.15) is 5.78 Å². The normalized spacial score (nSPS) is 21.7. The number of hydrogen-bond donors (Lipinski definition) is 1. The van der Waals surface area contributed by atoms with Crippen molar-refractivity contribution in [3.63, 3.8) is 0 Å². The Balaban J connectivity index is 2.01. The summed E-state index contributed by atoms with van der Waals surface area (Å²) in [6, 6.07) is 3.93. The lowest BCUT2D eigenvalue weighted by Gasteiger charge is -2.21. The van der Waals surface area contributed by atoms with E-state index in [9.17, 15) is 4.79 Å². The van der Waals surface area contributed by atoms with Gasteiger partial charge in [0.2, 0.25) is 0 Å². The molecule has 2 rings (SSSR count). The van der Waals surface area contributed by atoms with E-state index in [1.807, 2.05) is 12.1 Å². The third-order valence-electron chi connectivity index (χ3n) is 2.64. The van der Waals surface area contributed by atoms with E-state index in [1.165, 1.54) is 0 Å². The summed E-state index contributed by atoms with van der Waals surface area (Å²) < 4.78 is 0.972. The first-order valence-corrected chi connectivity index (χ1v) is 5.89. The number of Topliss-reactive ketones (excluding diaryl/α,β-unsaturated/α-hetero) is 1. The Morgan fingerprint density at radius 1 is 1.53 bits per heavy atom. The molecule has 4 heteroatoms. The Kier molecular flexibility index (Phi) is 3.49. The van der Waals surface area contributed by atoms with Gasteiger partial charge in [0.25, 0.3) is 0 Å². The third-order valence-corrected chi connectivity index (χ3v) is 3.11. The number of carbonyl (C=O) groups excluding carboxylic acids is 1. The van der Waals surface area contributed by atoms with Gasteiger partial charge in [-0.15, -0.1) is 0 Å². The van der Waals surface area contributed by atoms with Crippen LogP contribution in [-0.2, 0) is 11.2 Å². The molecule has 1 aromatic heterocycles. The van der Waals surface area contributed by atoms with Crippen LogP contribution < -0.4 is 5.32 Å². The maximum absolute atomic E-state index is 11.6. The SMILES string of the molecule is O=C1CCNCC1Cc1ccc(Br)cn1. The van der Waals surface area contributed by atoms with E-state index in [-0.39, 0.29) is 5.92 Å². The summed E-state index contributed by atoms with van der Waals surface area (Å²) in [6.45, 7) is 1.61. The van der Waals surface area contributed by atoms with Crippen molar-refractivity contribution in [3.05, 3.63) is 28.5 Å². The molecule has 1 unspecified atom stereocenters. The Morgan fingerprint density at radius 3 is 3.07 bits per heavy atom. The average Bonchev–Trinajstić information content (AvgIpc) is 2.25. The van der Waals surface area contributed by atoms with Crippen molar-refractivity contribution >= 4 is 21.7 Å². The van der Waals surface area contributed by atoms with E-state index in [1.54, 1.807) is 6.20 Å². The molecule has 1 N–H and O–H groups in total. The predicted octanol–water partition coefficient (Wildman–Crippen LogP) is 1.57. The minimum atomic E-state index is 0.104. The van der Waals surface area contributed by atoms with Crippen molar-refractivity contribution < 1.29 is 4.79 Å². The fourth-order valence-electron chi connectivity index (χ4n) is 1.77. The molecule has 1 aromatic rings. The van der Waals surface area contributed by atoms with Gasteiger partial charge in [-0.2, -0.15) is 0 Å². The van der Waals surface area contributed by atoms with E-state index in [0.717, 1.165) is 29.7 Å². The smallest absolute Gasteiger partial charge is 0.138 e. The number of rotatable bonds is 2. The number of ketones is 1. The van der Waals surface area contributed by atoms with Gasteiger partial charge in [0, 0.05) is 48.2 Å². The molecule has 1 atom stereocenters. The highest BCUT2D eigenvalue weighted by Gasteiger charge is 2.22. The Labute approximate surface area is 97.4 Å². The van der Waals surface area contributed by atoms with Crippen LogP contribution in [0, 0.1) is 5.92 Å². The second-order valence-electron chi connectivity index (χ2n) is 3.79. The summed E-state index contributed by atoms with van der Waals surface area (Å²) in [5.74, 6) is 0.464. The maximum Gasteiger partial charge on any atom is 0.138 e. The van der Waals surface area contributed by atoms with E-state index >= 15 is 0 Å². The summed E-state index contributed by atoms with van der Waals surface area (Å²) in [4.78, 5) is 15.9. The van der Waals surface area contributed by atoms with Gasteiger partial charge in [-0.3, -0.25) is 9.78 Å². The summed E-state index contributed by atoms with van der Waals surface area (Å²) in [5.41, 5.74) is 0.986. The Morgan fingerprint density at radius 2 is 2.40 bits per heavy atom. The molecular formula is C11H13BrN2O. The predicted molar refractivity (Wildman–Crippen MR) is 61.6 cm³/mol. The van der Waals surface area contributed by atoms with Crippen LogP contribution in [0.25, 0.3) is 0 Å². The molecular weight excluding hydrogens is 256 g/mol. The molecule has 1 aliphatic rings. The maximum atomic E-state index is 11.6. The van der Waals surface area contributed by atoms with Crippen LogP contribution in [0.3, 0.4) is 0 Å². The fraction of sp³-hybridized carbons (Fsp3) is 0.455. The van der Waals surface area contributed by atoms with Crippen molar-refractivity contribution in [2.24, 2.45) is 5.92 Å². The van der Waals surface area contributed by atoms with Crippen LogP contribution in [0.4, 0.5) is 0 Å². The molecule has 0 radical (unpaired) electrons. The summed E-state index contributed by atoms with van der Waals surface area (Å²) in [7, 11) is 0. The first-order valence-electron chi connectivity index (χ1n) is 5.09. The zero-order chi connectivity index (χ0) is 10.7. The standard InChI is InChI=1S/C11H13BrN2O/c12-9-1-2-10(14-7-9)5-8-6-13-4-3-11(8)15/h1-2,7-8,13H,3-6H2. The van der Waals surface area contributed by atoms with Gasteiger partial charge in [-0.1, -0.05) is 0 Å². The number of aromatic nitrogens is 1. The molecule has 1 saturated heterocycles. The largest absolute Gasteiger partial charge is 0.316 e. The zero-order valence-corrected chi connectivity index (χ0v) is 9.96. The molecule has 3 nitrogen and oxygen atoms in total. The van der Waals surface area contributed by atoms with E-state index in [0.29, 0.717) is 12.2 Å². The minimum absolute atomic E-state index is 0.104. The molecule has 0 saturated carbocycles. The average molecular weight is 269 g/mol. The Bertz CT molecular complexity index is 350. The van der Waals surface area contributed by atoms with Gasteiger partial charge in [0.15, 0.2) is 0 Å². The highest BCUT2D eigenvalue weighted by Crippen LogP contribution is 2.14. The van der Waals surface area contributed by atoms with E-state index in [4.69, 9.17) is 0 Å². The van der Waals surface area contributed by atoms with Crippen molar-refractivity contribution in [2.75, 3.05) is 13.1 Å². The van der Waals surface area contributed by atoms with Crippen LogP contribution >= 0.6 is 15.9 Å². The van der Waals surface area contributed by atoms with Crippen molar-refractivity contribution in [1.29, 1.82) is 0 Å². The van der Waals surface area contributed by atoms with Crippen molar-refractivity contribution in [3.8, 4) is 0 Å². The zero-order valence-electron chi connectivity index (χ0n) is 8.37. The fourth-order valence-corrected chi connectivity index (χ4v) is 2.01. The summed E-state index contributed by atoms with van der Waals surface area (Å²) in [6.07, 6.45) is 3.18. The van der Waals surface area contributed by atoms with Gasteiger partial charge in [-0.25, -0.2) is 0 Å². The quantitative estimate of drug-likeness (QED) is 0.886. The van der Waals surface area contributed by atoms with E-state index < -0.39 is 0 Å². The number of nitrogens with one attached hydrogen (secondary N) is 1. The van der Waals surface area contributed by atoms with Crippen molar-refractivity contribution in [2.45, 2.75) is 12.8 Å². The van der Waals surface area contributed by atoms with Gasteiger partial charge in [0.05, 0.1) is 0 Å². The summed E-state index contributed by atoms with van der Waals surface area (Å²) in [5, 5.41) is 3.24. The van der Waals surface area contributed by atoms with Crippen molar-refractivity contribution in [1.82, 2.24) is 10.3 Å². The van der Waals surface area contributed by atoms with Gasteiger partial charge >= 0.3 is 0 Å². The molecule has 1 fully saturated rings. The van der Waals surface area contributed by atoms with Crippen LogP contribution in [0.1, 0.15) is 12.1 Å². The topological polar surface area (TPSA) is 42.0 Å². The molecule has 0 amide bonds. The highest BCUT2D eigenvalue weighted by atomic mass is 79.9. The molecule has 0 aromatic carbocycles. The number of piperidine rings is 1. The number of hydrogen-bond acceptors (Lipinski definition) is 3. The minimum Gasteiger partial charge on any atom is -0.316 e. The van der Waals surface area contributed by atoms with Crippen LogP contribution in [0.5, 0.6) is 0 Å². The van der Waals surface area contributed by atoms with Gasteiger partial charge < -0.3 is 5.32 Å². The molecule has 1 aliphatic heterocycles. The van der Waals surface area contributed by atoms with E-state index in [2.05, 4.69) is 26.2 Å². The lowest BCUT2D eigenvalue weighted by Crippen LogP contribution is -2.38. The molecule has 2 heterocycles. The highest BCUT2D eigenvalue weighted by molar-refractivity contribution is 9.10. The molecule has 80 valence electrons. The Hall–Kier alpha value is -0.740. The lowest BCUT2D eigenvalue weighted by atomic mass is 9.93. The third kappa shape index (κ3) is 2.86. The summed E-state index contributed by atoms with van der Waals surface area (Å²) >= 11 is 3.34. The van der Waals surface area contributed by atoms with Crippen LogP contribution in [0.15, 0.2) is 22.8 Å². The van der Waals surface area contributed by atoms with Gasteiger partial charge in [-0.05, 0) is 28.1 Å². The second kappa shape index (κ2) is 4.86. The first-order chi connectivity index (χ1) is 7.25. The molecule has 0 spiro atoms. The van der Waals surface area contributed by atoms with Crippen LogP contribution in [0.2, 0.25) is 0 Å². The first kappa shape index (κ1) is 10.8. The van der Waals surface area contributed by atoms with Crippen LogP contribution in [-0.4, -0.2) is 23.9 Å². The second-order valence-corrected chi connectivity index (χ2v) is 4.70. The molecule has 15 heavy (non-hydrogen) atoms. The number of carbonyl (C=O) groups is 1. The number of halogens is 1. The monoisotopic (exact) mass is 268 g/mol. The number of pyridine rings is 1. The molecule has 0 bridgehead atoms. The number of nitrogens with zero attached hydrogens (tertiary/aromatic N) is 1. The molecule has 0 aliphatic carbocycles. The lowest BCUT2D eigenvalue weighted by molar-refractivity contribution is -0.123.